The average molecular weight is 363 g/mol. The van der Waals surface area contributed by atoms with Crippen molar-refractivity contribution in [1.82, 2.24) is 4.90 Å². The van der Waals surface area contributed by atoms with Gasteiger partial charge in [-0.3, -0.25) is 4.79 Å². The summed E-state index contributed by atoms with van der Waals surface area (Å²) >= 11 is 6.01. The molecule has 1 saturated heterocycles. The van der Waals surface area contributed by atoms with Gasteiger partial charge in [-0.05, 0) is 36.8 Å². The van der Waals surface area contributed by atoms with Gasteiger partial charge in [0.2, 0.25) is 0 Å². The molecule has 0 aromatic heterocycles. The maximum absolute atomic E-state index is 14.0. The zero-order chi connectivity index (χ0) is 18.0. The summed E-state index contributed by atoms with van der Waals surface area (Å²) in [5.74, 6) is -0.137. The van der Waals surface area contributed by atoms with Crippen LogP contribution in [0.5, 0.6) is 5.75 Å². The lowest BCUT2D eigenvalue weighted by atomic mass is 10.1. The van der Waals surface area contributed by atoms with Gasteiger partial charge in [0.15, 0.2) is 0 Å². The summed E-state index contributed by atoms with van der Waals surface area (Å²) in [6, 6.07) is 10.3. The van der Waals surface area contributed by atoms with Gasteiger partial charge >= 0.3 is 0 Å². The monoisotopic (exact) mass is 362 g/mol. The Morgan fingerprint density at radius 2 is 1.88 bits per heavy atom. The maximum Gasteiger partial charge on any atom is 0.258 e. The number of carbonyl (C=O) groups excluding carboxylic acids is 1. The van der Waals surface area contributed by atoms with E-state index >= 15 is 0 Å². The molecule has 3 rings (SSSR count). The van der Waals surface area contributed by atoms with E-state index in [1.54, 1.807) is 12.0 Å². The van der Waals surface area contributed by atoms with Crippen LogP contribution >= 0.6 is 11.6 Å². The van der Waals surface area contributed by atoms with Crippen molar-refractivity contribution in [1.29, 1.82) is 0 Å². The van der Waals surface area contributed by atoms with Crippen molar-refractivity contribution in [3.8, 4) is 5.75 Å². The highest BCUT2D eigenvalue weighted by Gasteiger charge is 2.26. The van der Waals surface area contributed by atoms with E-state index < -0.39 is 5.82 Å². The average Bonchev–Trinajstić information content (AvgIpc) is 2.61. The SMILES string of the molecule is COc1ccc(C)cc1N1CCN(C(=O)c2c(F)cccc2Cl)CC1. The van der Waals surface area contributed by atoms with E-state index in [1.807, 2.05) is 19.1 Å². The Labute approximate surface area is 151 Å². The van der Waals surface area contributed by atoms with E-state index in [-0.39, 0.29) is 16.5 Å². The highest BCUT2D eigenvalue weighted by atomic mass is 35.5. The second-order valence-corrected chi connectivity index (χ2v) is 6.46. The van der Waals surface area contributed by atoms with Gasteiger partial charge in [-0.1, -0.05) is 23.7 Å². The van der Waals surface area contributed by atoms with Crippen molar-refractivity contribution in [3.05, 3.63) is 58.4 Å². The van der Waals surface area contributed by atoms with Crippen molar-refractivity contribution >= 4 is 23.2 Å². The molecule has 0 N–H and O–H groups in total. The van der Waals surface area contributed by atoms with E-state index in [1.165, 1.54) is 18.2 Å². The van der Waals surface area contributed by atoms with Crippen LogP contribution in [-0.4, -0.2) is 44.1 Å². The molecule has 1 aliphatic heterocycles. The number of rotatable bonds is 3. The first kappa shape index (κ1) is 17.5. The number of halogens is 2. The number of nitrogens with zero attached hydrogens (tertiary/aromatic N) is 2. The largest absolute Gasteiger partial charge is 0.495 e. The molecular formula is C19H20ClFN2O2. The van der Waals surface area contributed by atoms with Gasteiger partial charge in [0.1, 0.15) is 11.6 Å². The summed E-state index contributed by atoms with van der Waals surface area (Å²) in [6.45, 7) is 4.33. The lowest BCUT2D eigenvalue weighted by Crippen LogP contribution is -2.49. The van der Waals surface area contributed by atoms with Crippen LogP contribution in [0.1, 0.15) is 15.9 Å². The molecular weight excluding hydrogens is 343 g/mol. The molecule has 0 radical (unpaired) electrons. The third-order valence-electron chi connectivity index (χ3n) is 4.42. The van der Waals surface area contributed by atoms with Crippen molar-refractivity contribution in [3.63, 3.8) is 0 Å². The predicted molar refractivity (Wildman–Crippen MR) is 97.3 cm³/mol. The third-order valence-corrected chi connectivity index (χ3v) is 4.73. The Balaban J connectivity index is 1.74. The molecule has 0 atom stereocenters. The van der Waals surface area contributed by atoms with E-state index in [0.29, 0.717) is 26.2 Å². The minimum absolute atomic E-state index is 0.0502. The number of hydrogen-bond acceptors (Lipinski definition) is 3. The predicted octanol–water partition coefficient (Wildman–Crippen LogP) is 3.76. The molecule has 2 aromatic carbocycles. The van der Waals surface area contributed by atoms with Crippen LogP contribution < -0.4 is 9.64 Å². The number of ether oxygens (including phenoxy) is 1. The van der Waals surface area contributed by atoms with Gasteiger partial charge in [-0.25, -0.2) is 4.39 Å². The molecule has 1 fully saturated rings. The highest BCUT2D eigenvalue weighted by Crippen LogP contribution is 2.30. The lowest BCUT2D eigenvalue weighted by Gasteiger charge is -2.37. The van der Waals surface area contributed by atoms with Crippen molar-refractivity contribution in [2.24, 2.45) is 0 Å². The third kappa shape index (κ3) is 3.56. The van der Waals surface area contributed by atoms with Gasteiger partial charge in [0.05, 0.1) is 23.4 Å². The summed E-state index contributed by atoms with van der Waals surface area (Å²) in [7, 11) is 1.65. The Morgan fingerprint density at radius 1 is 1.16 bits per heavy atom. The van der Waals surface area contributed by atoms with Crippen LogP contribution in [0.15, 0.2) is 36.4 Å². The minimum Gasteiger partial charge on any atom is -0.495 e. The standard InChI is InChI=1S/C19H20ClFN2O2/c1-13-6-7-17(25-2)16(12-13)22-8-10-23(11-9-22)19(24)18-14(20)4-3-5-15(18)21/h3-7,12H,8-11H2,1-2H3. The smallest absolute Gasteiger partial charge is 0.258 e. The first-order valence-corrected chi connectivity index (χ1v) is 8.52. The van der Waals surface area contributed by atoms with Crippen molar-refractivity contribution in [2.45, 2.75) is 6.92 Å². The van der Waals surface area contributed by atoms with Crippen LogP contribution in [0.25, 0.3) is 0 Å². The molecule has 1 heterocycles. The minimum atomic E-state index is -0.583. The zero-order valence-corrected chi connectivity index (χ0v) is 15.0. The summed E-state index contributed by atoms with van der Waals surface area (Å²) in [5.41, 5.74) is 2.11. The molecule has 1 aliphatic rings. The molecule has 1 amide bonds. The normalized spacial score (nSPS) is 14.6. The van der Waals surface area contributed by atoms with E-state index in [0.717, 1.165) is 17.0 Å². The number of aryl methyl sites for hydroxylation is 1. The van der Waals surface area contributed by atoms with Gasteiger partial charge < -0.3 is 14.5 Å². The first-order valence-electron chi connectivity index (χ1n) is 8.14. The second kappa shape index (κ2) is 7.31. The number of carbonyl (C=O) groups is 1. The molecule has 25 heavy (non-hydrogen) atoms. The van der Waals surface area contributed by atoms with Gasteiger partial charge in [-0.15, -0.1) is 0 Å². The number of hydrogen-bond donors (Lipinski definition) is 0. The number of amides is 1. The van der Waals surface area contributed by atoms with Crippen molar-refractivity contribution < 1.29 is 13.9 Å². The fourth-order valence-electron chi connectivity index (χ4n) is 3.06. The molecule has 2 aromatic rings. The summed E-state index contributed by atoms with van der Waals surface area (Å²) in [6.07, 6.45) is 0. The molecule has 6 heteroatoms. The Kier molecular flexibility index (Phi) is 5.13. The molecule has 0 bridgehead atoms. The molecule has 0 spiro atoms. The van der Waals surface area contributed by atoms with E-state index in [9.17, 15) is 9.18 Å². The summed E-state index contributed by atoms with van der Waals surface area (Å²) < 4.78 is 19.4. The molecule has 0 saturated carbocycles. The molecule has 0 unspecified atom stereocenters. The fraction of sp³-hybridized carbons (Fsp3) is 0.316. The maximum atomic E-state index is 14.0. The number of anilines is 1. The van der Waals surface area contributed by atoms with Crippen LogP contribution in [0.2, 0.25) is 5.02 Å². The Morgan fingerprint density at radius 3 is 2.52 bits per heavy atom. The lowest BCUT2D eigenvalue weighted by molar-refractivity contribution is 0.0742. The topological polar surface area (TPSA) is 32.8 Å². The fourth-order valence-corrected chi connectivity index (χ4v) is 3.30. The first-order chi connectivity index (χ1) is 12.0. The molecule has 0 aliphatic carbocycles. The highest BCUT2D eigenvalue weighted by molar-refractivity contribution is 6.33. The van der Waals surface area contributed by atoms with Crippen LogP contribution in [0, 0.1) is 12.7 Å². The Hall–Kier alpha value is -2.27. The van der Waals surface area contributed by atoms with E-state index in [2.05, 4.69) is 11.0 Å². The van der Waals surface area contributed by atoms with Gasteiger partial charge in [0.25, 0.3) is 5.91 Å². The summed E-state index contributed by atoms with van der Waals surface area (Å²) in [4.78, 5) is 16.4. The second-order valence-electron chi connectivity index (χ2n) is 6.05. The van der Waals surface area contributed by atoms with Crippen LogP contribution in [0.4, 0.5) is 10.1 Å². The number of methoxy groups -OCH3 is 1. The van der Waals surface area contributed by atoms with Crippen LogP contribution in [-0.2, 0) is 0 Å². The summed E-state index contributed by atoms with van der Waals surface area (Å²) in [5, 5.41) is 0.146. The van der Waals surface area contributed by atoms with Crippen LogP contribution in [0.3, 0.4) is 0 Å². The zero-order valence-electron chi connectivity index (χ0n) is 14.3. The Bertz CT molecular complexity index is 769. The molecule has 132 valence electrons. The number of piperazine rings is 1. The van der Waals surface area contributed by atoms with Crippen molar-refractivity contribution in [2.75, 3.05) is 38.2 Å². The van der Waals surface area contributed by atoms with Gasteiger partial charge in [0, 0.05) is 26.2 Å². The van der Waals surface area contributed by atoms with Gasteiger partial charge in [-0.2, -0.15) is 0 Å². The number of benzene rings is 2. The quantitative estimate of drug-likeness (QED) is 0.833. The molecule has 4 nitrogen and oxygen atoms in total. The van der Waals surface area contributed by atoms with E-state index in [4.69, 9.17) is 16.3 Å².